The highest BCUT2D eigenvalue weighted by atomic mass is 15.3. The molecule has 3 aromatic carbocycles. The van der Waals surface area contributed by atoms with E-state index >= 15 is 0 Å². The van der Waals surface area contributed by atoms with Crippen molar-refractivity contribution in [1.29, 1.82) is 0 Å². The summed E-state index contributed by atoms with van der Waals surface area (Å²) in [4.78, 5) is 2.70. The maximum atomic E-state index is 2.70. The Hall–Kier alpha value is -3.27. The van der Waals surface area contributed by atoms with E-state index in [0.717, 1.165) is 6.54 Å². The minimum atomic E-state index is -0.0546. The number of nitrogens with zero attached hydrogens (tertiary/aromatic N) is 3. The van der Waals surface area contributed by atoms with Gasteiger partial charge in [0, 0.05) is 16.9 Å². The summed E-state index contributed by atoms with van der Waals surface area (Å²) in [5.41, 5.74) is 12.7. The first-order valence-electron chi connectivity index (χ1n) is 13.1. The van der Waals surface area contributed by atoms with Crippen LogP contribution in [0.4, 0.5) is 11.4 Å². The Morgan fingerprint density at radius 2 is 1.54 bits per heavy atom. The fourth-order valence-electron chi connectivity index (χ4n) is 6.97. The number of aromatic nitrogens is 2. The second-order valence-electron chi connectivity index (χ2n) is 11.7. The molecule has 4 heteroatoms. The highest BCUT2D eigenvalue weighted by molar-refractivity contribution is 6.78. The highest BCUT2D eigenvalue weighted by Gasteiger charge is 2.57. The van der Waals surface area contributed by atoms with Crippen LogP contribution in [-0.2, 0) is 12.0 Å². The maximum Gasteiger partial charge on any atom is 0.542 e. The van der Waals surface area contributed by atoms with E-state index in [2.05, 4.69) is 122 Å². The molecule has 0 saturated carbocycles. The summed E-state index contributed by atoms with van der Waals surface area (Å²) in [6.07, 6.45) is 2.43. The molecule has 0 saturated heterocycles. The molecule has 0 fully saturated rings. The van der Waals surface area contributed by atoms with Crippen LogP contribution in [-0.4, -0.2) is 11.5 Å². The van der Waals surface area contributed by atoms with E-state index in [1.807, 2.05) is 0 Å². The van der Waals surface area contributed by atoms with Crippen LogP contribution in [0.25, 0.3) is 11.4 Å². The molecule has 7 rings (SSSR count). The summed E-state index contributed by atoms with van der Waals surface area (Å²) in [7, 11) is 0. The van der Waals surface area contributed by atoms with Crippen molar-refractivity contribution in [3.63, 3.8) is 0 Å². The third-order valence-corrected chi connectivity index (χ3v) is 8.62. The Balaban J connectivity index is 1.65. The Bertz CT molecular complexity index is 1500. The van der Waals surface area contributed by atoms with Crippen LogP contribution in [0.5, 0.6) is 0 Å². The number of rotatable bonds is 3. The molecular formula is C31H33BN3+. The van der Waals surface area contributed by atoms with E-state index in [-0.39, 0.29) is 12.4 Å². The molecule has 1 aromatic heterocycles. The molecule has 35 heavy (non-hydrogen) atoms. The van der Waals surface area contributed by atoms with Gasteiger partial charge in [0.2, 0.25) is 0 Å². The smallest absolute Gasteiger partial charge is 0.338 e. The molecule has 4 aromatic rings. The van der Waals surface area contributed by atoms with Crippen molar-refractivity contribution >= 4 is 23.8 Å². The minimum absolute atomic E-state index is 0.0546. The summed E-state index contributed by atoms with van der Waals surface area (Å²) in [6.45, 7) is 15.2. The zero-order valence-corrected chi connectivity index (χ0v) is 21.6. The summed E-state index contributed by atoms with van der Waals surface area (Å²) in [6, 6.07) is 23.0. The van der Waals surface area contributed by atoms with Crippen LogP contribution in [0, 0.1) is 0 Å². The second-order valence-corrected chi connectivity index (χ2v) is 11.7. The third kappa shape index (κ3) is 2.55. The number of benzene rings is 3. The lowest BCUT2D eigenvalue weighted by Crippen LogP contribution is -2.61. The number of para-hydroxylation sites is 1. The van der Waals surface area contributed by atoms with Crippen LogP contribution in [0.15, 0.2) is 66.9 Å². The first-order chi connectivity index (χ1) is 16.8. The van der Waals surface area contributed by atoms with Crippen LogP contribution in [0.1, 0.15) is 81.3 Å². The summed E-state index contributed by atoms with van der Waals surface area (Å²) in [5.74, 6) is 2.25. The second kappa shape index (κ2) is 6.90. The van der Waals surface area contributed by atoms with Gasteiger partial charge in [-0.15, -0.1) is 0 Å². The van der Waals surface area contributed by atoms with Crippen molar-refractivity contribution in [1.82, 2.24) is 4.48 Å². The normalized spacial score (nSPS) is 16.2. The van der Waals surface area contributed by atoms with Crippen LogP contribution < -0.4 is 14.8 Å². The molecule has 0 aliphatic carbocycles. The zero-order valence-electron chi connectivity index (χ0n) is 21.6. The first-order valence-corrected chi connectivity index (χ1v) is 13.1. The molecule has 0 atom stereocenters. The molecular weight excluding hydrogens is 425 g/mol. The largest absolute Gasteiger partial charge is 0.542 e. The highest BCUT2D eigenvalue weighted by Crippen LogP contribution is 2.50. The van der Waals surface area contributed by atoms with Crippen molar-refractivity contribution in [2.24, 2.45) is 0 Å². The van der Waals surface area contributed by atoms with E-state index in [4.69, 9.17) is 0 Å². The molecule has 3 nitrogen and oxygen atoms in total. The standard InChI is InChI=1S/C31H33BN3/c1-19(2)22-12-10-13-23(20(3)4)29(22)34-26-16-9-11-21-17-33-18-27-31(5,6)24-14-7-8-15-25(24)32(34)35(27)30(33)28(21)26/h7-16,18-20H,17H2,1-6H3/q+1. The van der Waals surface area contributed by atoms with E-state index < -0.39 is 0 Å². The third-order valence-electron chi connectivity index (χ3n) is 8.62. The average molecular weight is 458 g/mol. The van der Waals surface area contributed by atoms with Gasteiger partial charge in [0.25, 0.3) is 5.82 Å². The quantitative estimate of drug-likeness (QED) is 0.236. The predicted molar refractivity (Wildman–Crippen MR) is 145 cm³/mol. The van der Waals surface area contributed by atoms with Crippen LogP contribution >= 0.6 is 0 Å². The van der Waals surface area contributed by atoms with Gasteiger partial charge in [-0.3, -0.25) is 4.48 Å². The molecule has 0 spiro atoms. The predicted octanol–water partition coefficient (Wildman–Crippen LogP) is 6.09. The Labute approximate surface area is 209 Å². The molecule has 174 valence electrons. The Morgan fingerprint density at radius 3 is 2.26 bits per heavy atom. The van der Waals surface area contributed by atoms with E-state index in [9.17, 15) is 0 Å². The van der Waals surface area contributed by atoms with E-state index in [1.54, 1.807) is 0 Å². The van der Waals surface area contributed by atoms with Crippen molar-refractivity contribution in [2.75, 3.05) is 4.81 Å². The average Bonchev–Trinajstić information content (AvgIpc) is 3.39. The van der Waals surface area contributed by atoms with Gasteiger partial charge in [-0.1, -0.05) is 82.3 Å². The van der Waals surface area contributed by atoms with Crippen LogP contribution in [0.3, 0.4) is 0 Å². The first kappa shape index (κ1) is 21.1. The zero-order chi connectivity index (χ0) is 24.2. The van der Waals surface area contributed by atoms with Gasteiger partial charge in [-0.25, -0.2) is 4.57 Å². The van der Waals surface area contributed by atoms with Gasteiger partial charge >= 0.3 is 6.98 Å². The lowest BCUT2D eigenvalue weighted by molar-refractivity contribution is -0.671. The number of imidazole rings is 1. The SMILES string of the molecule is CC(C)c1cccc(C(C)C)c1N1B2c3ccccc3C(C)(C)c3c[n+]4c(n32)-c2c(cccc21)C4. The summed E-state index contributed by atoms with van der Waals surface area (Å²) < 4.78 is 5.17. The lowest BCUT2D eigenvalue weighted by atomic mass is 9.54. The monoisotopic (exact) mass is 458 g/mol. The summed E-state index contributed by atoms with van der Waals surface area (Å²) in [5, 5.41) is 0. The van der Waals surface area contributed by atoms with Gasteiger partial charge in [-0.2, -0.15) is 0 Å². The van der Waals surface area contributed by atoms with E-state index in [0.29, 0.717) is 11.8 Å². The molecule has 0 unspecified atom stereocenters. The van der Waals surface area contributed by atoms with Crippen molar-refractivity contribution in [3.8, 4) is 11.4 Å². The molecule has 0 radical (unpaired) electrons. The van der Waals surface area contributed by atoms with Crippen molar-refractivity contribution in [2.45, 2.75) is 65.3 Å². The Kier molecular flexibility index (Phi) is 4.15. The van der Waals surface area contributed by atoms with Gasteiger partial charge in [0.15, 0.2) is 0 Å². The van der Waals surface area contributed by atoms with Gasteiger partial charge in [0.1, 0.15) is 18.4 Å². The molecule has 0 bridgehead atoms. The van der Waals surface area contributed by atoms with E-state index in [1.165, 1.54) is 56.2 Å². The summed E-state index contributed by atoms with van der Waals surface area (Å²) >= 11 is 0. The maximum absolute atomic E-state index is 2.70. The topological polar surface area (TPSA) is 12.1 Å². The number of hydrogen-bond donors (Lipinski definition) is 0. The number of anilines is 2. The number of fused-ring (bicyclic) bond motifs is 2. The molecule has 3 aliphatic rings. The van der Waals surface area contributed by atoms with Gasteiger partial charge in [0.05, 0.1) is 11.0 Å². The van der Waals surface area contributed by atoms with Crippen LogP contribution in [0.2, 0.25) is 0 Å². The molecule has 0 N–H and O–H groups in total. The van der Waals surface area contributed by atoms with Crippen molar-refractivity contribution < 1.29 is 4.57 Å². The van der Waals surface area contributed by atoms with Gasteiger partial charge < -0.3 is 4.81 Å². The lowest BCUT2D eigenvalue weighted by Gasteiger charge is -2.42. The number of hydrogen-bond acceptors (Lipinski definition) is 1. The van der Waals surface area contributed by atoms with Gasteiger partial charge in [-0.05, 0) is 53.9 Å². The minimum Gasteiger partial charge on any atom is -0.338 e. The fraction of sp³-hybridized carbons (Fsp3) is 0.323. The van der Waals surface area contributed by atoms with Crippen molar-refractivity contribution in [3.05, 3.63) is 94.8 Å². The fourth-order valence-corrected chi connectivity index (χ4v) is 6.97. The molecule has 4 heterocycles. The Morgan fingerprint density at radius 1 is 0.857 bits per heavy atom. The molecule has 3 aliphatic heterocycles. The molecule has 0 amide bonds.